The first-order valence-electron chi connectivity index (χ1n) is 9.98. The van der Waals surface area contributed by atoms with E-state index in [1.807, 2.05) is 30.3 Å². The summed E-state index contributed by atoms with van der Waals surface area (Å²) in [5.41, 5.74) is 17.5. The van der Waals surface area contributed by atoms with Crippen LogP contribution in [0.4, 0.5) is 0 Å². The van der Waals surface area contributed by atoms with Crippen LogP contribution in [-0.4, -0.2) is 65.0 Å². The lowest BCUT2D eigenvalue weighted by atomic mass is 10.0. The molecular weight excluding hydrogens is 388 g/mol. The van der Waals surface area contributed by atoms with Crippen LogP contribution in [0.5, 0.6) is 0 Å². The number of likely N-dealkylation sites (tertiary alicyclic amines) is 1. The van der Waals surface area contributed by atoms with Crippen molar-refractivity contribution in [3.8, 4) is 0 Å². The average molecular weight is 418 g/mol. The van der Waals surface area contributed by atoms with Gasteiger partial charge in [-0.15, -0.1) is 0 Å². The molecule has 2 unspecified atom stereocenters. The molecule has 1 fully saturated rings. The summed E-state index contributed by atoms with van der Waals surface area (Å²) in [6, 6.07) is 6.84. The lowest BCUT2D eigenvalue weighted by molar-refractivity contribution is -0.144. The number of aliphatic carboxylic acids is 1. The number of guanidine groups is 1. The summed E-state index contributed by atoms with van der Waals surface area (Å²) in [4.78, 5) is 42.3. The molecule has 164 valence electrons. The second-order valence-corrected chi connectivity index (χ2v) is 7.33. The molecule has 1 aromatic carbocycles. The number of carbonyl (C=O) groups is 3. The molecule has 10 nitrogen and oxygen atoms in total. The van der Waals surface area contributed by atoms with E-state index >= 15 is 0 Å². The predicted octanol–water partition coefficient (Wildman–Crippen LogP) is -0.830. The monoisotopic (exact) mass is 418 g/mol. The molecule has 10 heteroatoms. The van der Waals surface area contributed by atoms with Gasteiger partial charge in [-0.25, -0.2) is 4.79 Å². The number of rotatable bonds is 10. The maximum Gasteiger partial charge on any atom is 0.326 e. The Bertz CT molecular complexity index is 766. The fourth-order valence-electron chi connectivity index (χ4n) is 3.50. The van der Waals surface area contributed by atoms with Crippen molar-refractivity contribution in [3.05, 3.63) is 35.9 Å². The normalized spacial score (nSPS) is 17.8. The summed E-state index contributed by atoms with van der Waals surface area (Å²) in [5.74, 6) is -2.01. The van der Waals surface area contributed by atoms with Crippen LogP contribution in [-0.2, 0) is 20.8 Å². The highest BCUT2D eigenvalue weighted by molar-refractivity contribution is 5.92. The predicted molar refractivity (Wildman–Crippen MR) is 112 cm³/mol. The van der Waals surface area contributed by atoms with Crippen molar-refractivity contribution in [1.29, 1.82) is 0 Å². The van der Waals surface area contributed by atoms with Gasteiger partial charge in [0.25, 0.3) is 0 Å². The van der Waals surface area contributed by atoms with Crippen LogP contribution < -0.4 is 22.5 Å². The Balaban J connectivity index is 1.95. The minimum Gasteiger partial charge on any atom is -0.480 e. The Kier molecular flexibility index (Phi) is 8.60. The van der Waals surface area contributed by atoms with Gasteiger partial charge in [0.05, 0.1) is 6.04 Å². The highest BCUT2D eigenvalue weighted by Crippen LogP contribution is 2.19. The van der Waals surface area contributed by atoms with Gasteiger partial charge in [0.2, 0.25) is 11.8 Å². The summed E-state index contributed by atoms with van der Waals surface area (Å²) in [6.45, 7) is 0.687. The third-order valence-electron chi connectivity index (χ3n) is 5.01. The lowest BCUT2D eigenvalue weighted by Crippen LogP contribution is -2.54. The summed E-state index contributed by atoms with van der Waals surface area (Å²) in [6.07, 6.45) is 2.06. The number of nitrogens with two attached hydrogens (primary N) is 3. The van der Waals surface area contributed by atoms with Crippen LogP contribution in [0, 0.1) is 0 Å². The van der Waals surface area contributed by atoms with E-state index in [1.54, 1.807) is 0 Å². The van der Waals surface area contributed by atoms with Crippen molar-refractivity contribution in [2.24, 2.45) is 22.2 Å². The number of amides is 2. The fraction of sp³-hybridized carbons (Fsp3) is 0.500. The smallest absolute Gasteiger partial charge is 0.326 e. The maximum atomic E-state index is 12.8. The standard InChI is InChI=1S/C20H30N6O4/c21-14(12-13-6-2-1-3-7-13)18(28)26-11-5-9-16(26)17(27)25-15(19(29)30)8-4-10-24-20(22)23/h1-3,6-7,14-16H,4-5,8-12,21H2,(H,25,27)(H,29,30)(H4,22,23,24)/t14?,15-,16?/m1/s1. The van der Waals surface area contributed by atoms with Crippen molar-refractivity contribution < 1.29 is 19.5 Å². The van der Waals surface area contributed by atoms with Gasteiger partial charge in [-0.1, -0.05) is 30.3 Å². The van der Waals surface area contributed by atoms with Crippen molar-refractivity contribution in [3.63, 3.8) is 0 Å². The number of nitrogens with one attached hydrogen (secondary N) is 1. The van der Waals surface area contributed by atoms with E-state index in [0.29, 0.717) is 32.2 Å². The zero-order valence-electron chi connectivity index (χ0n) is 16.9. The first kappa shape index (κ1) is 23.1. The molecule has 0 aromatic heterocycles. The molecule has 1 aliphatic heterocycles. The third kappa shape index (κ3) is 6.73. The first-order valence-corrected chi connectivity index (χ1v) is 9.98. The summed E-state index contributed by atoms with van der Waals surface area (Å²) >= 11 is 0. The minimum absolute atomic E-state index is 0.0714. The number of carboxylic acid groups (broad SMARTS) is 1. The number of hydrogen-bond acceptors (Lipinski definition) is 5. The summed E-state index contributed by atoms with van der Waals surface area (Å²) in [7, 11) is 0. The Labute approximate surface area is 175 Å². The molecule has 3 atom stereocenters. The topological polar surface area (TPSA) is 177 Å². The van der Waals surface area contributed by atoms with Gasteiger partial charge in [0.1, 0.15) is 12.1 Å². The van der Waals surface area contributed by atoms with Crippen molar-refractivity contribution >= 4 is 23.7 Å². The van der Waals surface area contributed by atoms with Crippen LogP contribution in [0.3, 0.4) is 0 Å². The van der Waals surface area contributed by atoms with Gasteiger partial charge in [-0.3, -0.25) is 14.6 Å². The maximum absolute atomic E-state index is 12.8. The van der Waals surface area contributed by atoms with Gasteiger partial charge in [-0.05, 0) is 37.7 Å². The zero-order chi connectivity index (χ0) is 22.1. The largest absolute Gasteiger partial charge is 0.480 e. The van der Waals surface area contributed by atoms with E-state index in [9.17, 15) is 19.5 Å². The average Bonchev–Trinajstić information content (AvgIpc) is 3.19. The molecule has 8 N–H and O–H groups in total. The van der Waals surface area contributed by atoms with E-state index < -0.39 is 30.0 Å². The van der Waals surface area contributed by atoms with Crippen molar-refractivity contribution in [2.75, 3.05) is 13.1 Å². The van der Waals surface area contributed by atoms with E-state index in [1.165, 1.54) is 4.90 Å². The Morgan fingerprint density at radius 3 is 2.57 bits per heavy atom. The molecule has 1 saturated heterocycles. The summed E-state index contributed by atoms with van der Waals surface area (Å²) < 4.78 is 0. The summed E-state index contributed by atoms with van der Waals surface area (Å²) in [5, 5.41) is 11.9. The fourth-order valence-corrected chi connectivity index (χ4v) is 3.50. The number of carbonyl (C=O) groups excluding carboxylic acids is 2. The highest BCUT2D eigenvalue weighted by Gasteiger charge is 2.37. The number of benzene rings is 1. The lowest BCUT2D eigenvalue weighted by Gasteiger charge is -2.27. The molecule has 2 rings (SSSR count). The number of hydrogen-bond donors (Lipinski definition) is 5. The van der Waals surface area contributed by atoms with Crippen LogP contribution in [0.15, 0.2) is 35.3 Å². The Hall–Kier alpha value is -3.14. The SMILES string of the molecule is NC(N)=NCCC[C@@H](NC(=O)C1CCCN1C(=O)C(N)Cc1ccccc1)C(=O)O. The molecule has 0 spiro atoms. The second-order valence-electron chi connectivity index (χ2n) is 7.33. The van der Waals surface area contributed by atoms with Crippen LogP contribution >= 0.6 is 0 Å². The van der Waals surface area contributed by atoms with Gasteiger partial charge in [0, 0.05) is 13.1 Å². The van der Waals surface area contributed by atoms with E-state index in [0.717, 1.165) is 5.56 Å². The zero-order valence-corrected chi connectivity index (χ0v) is 16.9. The molecule has 1 aliphatic rings. The van der Waals surface area contributed by atoms with Gasteiger partial charge in [-0.2, -0.15) is 0 Å². The Morgan fingerprint density at radius 1 is 1.23 bits per heavy atom. The van der Waals surface area contributed by atoms with Crippen LogP contribution in [0.1, 0.15) is 31.2 Å². The Morgan fingerprint density at radius 2 is 1.93 bits per heavy atom. The van der Waals surface area contributed by atoms with Crippen LogP contribution in [0.2, 0.25) is 0 Å². The van der Waals surface area contributed by atoms with Gasteiger partial charge >= 0.3 is 5.97 Å². The van der Waals surface area contributed by atoms with Crippen molar-refractivity contribution in [1.82, 2.24) is 10.2 Å². The number of aliphatic imine (C=N–C) groups is 1. The van der Waals surface area contributed by atoms with E-state index in [-0.39, 0.29) is 24.8 Å². The van der Waals surface area contributed by atoms with Crippen molar-refractivity contribution in [2.45, 2.75) is 50.2 Å². The molecular formula is C20H30N6O4. The molecule has 0 bridgehead atoms. The molecule has 0 aliphatic carbocycles. The van der Waals surface area contributed by atoms with E-state index in [2.05, 4.69) is 10.3 Å². The number of nitrogens with zero attached hydrogens (tertiary/aromatic N) is 2. The highest BCUT2D eigenvalue weighted by atomic mass is 16.4. The third-order valence-corrected chi connectivity index (χ3v) is 5.01. The number of carboxylic acids is 1. The molecule has 1 aromatic rings. The molecule has 1 heterocycles. The second kappa shape index (κ2) is 11.1. The first-order chi connectivity index (χ1) is 14.3. The van der Waals surface area contributed by atoms with Crippen LogP contribution in [0.25, 0.3) is 0 Å². The molecule has 2 amide bonds. The minimum atomic E-state index is -1.15. The van der Waals surface area contributed by atoms with Gasteiger partial charge in [0.15, 0.2) is 5.96 Å². The molecule has 0 radical (unpaired) electrons. The molecule has 30 heavy (non-hydrogen) atoms. The quantitative estimate of drug-likeness (QED) is 0.187. The van der Waals surface area contributed by atoms with E-state index in [4.69, 9.17) is 17.2 Å². The van der Waals surface area contributed by atoms with Gasteiger partial charge < -0.3 is 32.5 Å². The molecule has 0 saturated carbocycles.